The smallest absolute Gasteiger partial charge is 0.240 e. The Morgan fingerprint density at radius 3 is 2.80 bits per heavy atom. The molecule has 116 valence electrons. The molecule has 2 N–H and O–H groups in total. The van der Waals surface area contributed by atoms with E-state index in [9.17, 15) is 4.79 Å². The third-order valence-electron chi connectivity index (χ3n) is 3.45. The van der Waals surface area contributed by atoms with Crippen molar-refractivity contribution in [2.45, 2.75) is 51.6 Å². The highest BCUT2D eigenvalue weighted by Gasteiger charge is 2.33. The highest BCUT2D eigenvalue weighted by Crippen LogP contribution is 2.19. The van der Waals surface area contributed by atoms with Crippen LogP contribution in [-0.2, 0) is 17.8 Å². The van der Waals surface area contributed by atoms with E-state index in [0.717, 1.165) is 42.9 Å². The van der Waals surface area contributed by atoms with E-state index in [4.69, 9.17) is 0 Å². The first-order valence-electron chi connectivity index (χ1n) is 6.60. The Kier molecular flexibility index (Phi) is 8.66. The topological polar surface area (TPSA) is 54.0 Å². The predicted octanol–water partition coefficient (Wildman–Crippen LogP) is 2.70. The van der Waals surface area contributed by atoms with Gasteiger partial charge in [0, 0.05) is 5.38 Å². The van der Waals surface area contributed by atoms with E-state index in [2.05, 4.69) is 22.5 Å². The summed E-state index contributed by atoms with van der Waals surface area (Å²) in [6.45, 7) is 5.54. The van der Waals surface area contributed by atoms with Crippen LogP contribution >= 0.6 is 36.2 Å². The van der Waals surface area contributed by atoms with E-state index in [1.807, 2.05) is 12.3 Å². The molecule has 2 heterocycles. The lowest BCUT2D eigenvalue weighted by molar-refractivity contribution is -0.128. The van der Waals surface area contributed by atoms with Gasteiger partial charge in [0.15, 0.2) is 0 Å². The highest BCUT2D eigenvalue weighted by atomic mass is 35.5. The molecule has 1 aromatic rings. The van der Waals surface area contributed by atoms with Crippen LogP contribution in [0.4, 0.5) is 0 Å². The molecule has 1 saturated heterocycles. The van der Waals surface area contributed by atoms with E-state index in [1.54, 1.807) is 11.3 Å². The second-order valence-corrected chi connectivity index (χ2v) is 5.93. The third-order valence-corrected chi connectivity index (χ3v) is 4.49. The number of aromatic nitrogens is 1. The molecule has 7 heteroatoms. The molecule has 20 heavy (non-hydrogen) atoms. The lowest BCUT2D eigenvalue weighted by atomic mass is 9.90. The monoisotopic (exact) mass is 339 g/mol. The zero-order valence-corrected chi connectivity index (χ0v) is 14.3. The van der Waals surface area contributed by atoms with Crippen LogP contribution in [0.2, 0.25) is 0 Å². The van der Waals surface area contributed by atoms with Crippen LogP contribution in [-0.4, -0.2) is 23.0 Å². The van der Waals surface area contributed by atoms with Gasteiger partial charge in [-0.1, -0.05) is 6.92 Å². The molecule has 0 aliphatic carbocycles. The second-order valence-electron chi connectivity index (χ2n) is 4.98. The minimum absolute atomic E-state index is 0. The van der Waals surface area contributed by atoms with Crippen molar-refractivity contribution in [1.29, 1.82) is 0 Å². The molecular weight excluding hydrogens is 317 g/mol. The van der Waals surface area contributed by atoms with Gasteiger partial charge in [0.25, 0.3) is 0 Å². The van der Waals surface area contributed by atoms with Gasteiger partial charge >= 0.3 is 0 Å². The largest absolute Gasteiger partial charge is 0.349 e. The summed E-state index contributed by atoms with van der Waals surface area (Å²) in [4.78, 5) is 16.6. The van der Waals surface area contributed by atoms with E-state index >= 15 is 0 Å². The van der Waals surface area contributed by atoms with Crippen LogP contribution < -0.4 is 10.6 Å². The van der Waals surface area contributed by atoms with Gasteiger partial charge in [-0.05, 0) is 39.2 Å². The van der Waals surface area contributed by atoms with Gasteiger partial charge < -0.3 is 10.6 Å². The number of hydrogen-bond acceptors (Lipinski definition) is 4. The molecule has 0 radical (unpaired) electrons. The van der Waals surface area contributed by atoms with Gasteiger partial charge in [-0.25, -0.2) is 4.98 Å². The van der Waals surface area contributed by atoms with Crippen LogP contribution in [0.1, 0.15) is 43.8 Å². The normalized spacial score (nSPS) is 21.5. The molecule has 2 rings (SSSR count). The molecule has 0 spiro atoms. The molecule has 1 amide bonds. The summed E-state index contributed by atoms with van der Waals surface area (Å²) < 4.78 is 0. The van der Waals surface area contributed by atoms with Gasteiger partial charge in [-0.2, -0.15) is 0 Å². The molecule has 4 nitrogen and oxygen atoms in total. The molecule has 0 bridgehead atoms. The summed E-state index contributed by atoms with van der Waals surface area (Å²) >= 11 is 1.66. The fraction of sp³-hybridized carbons (Fsp3) is 0.692. The number of hydrogen-bond donors (Lipinski definition) is 2. The molecule has 1 aromatic heterocycles. The van der Waals surface area contributed by atoms with Crippen molar-refractivity contribution in [2.75, 3.05) is 6.54 Å². The standard InChI is InChI=1S/C13H21N3OS.2ClH/c1-3-11-16-10(9-18-11)8-14-12(17)13(2)6-4-5-7-15-13;;/h9,15H,3-8H2,1-2H3,(H,14,17);2*1H. The van der Waals surface area contributed by atoms with Crippen molar-refractivity contribution in [2.24, 2.45) is 0 Å². The molecule has 1 aliphatic heterocycles. The van der Waals surface area contributed by atoms with Crippen molar-refractivity contribution in [3.63, 3.8) is 0 Å². The van der Waals surface area contributed by atoms with Gasteiger partial charge in [0.1, 0.15) is 0 Å². The summed E-state index contributed by atoms with van der Waals surface area (Å²) in [6.07, 6.45) is 4.15. The average Bonchev–Trinajstić information content (AvgIpc) is 2.84. The third kappa shape index (κ3) is 4.88. The number of carbonyl (C=O) groups is 1. The molecule has 1 aliphatic rings. The summed E-state index contributed by atoms with van der Waals surface area (Å²) in [5.74, 6) is 0.0910. The summed E-state index contributed by atoms with van der Waals surface area (Å²) in [7, 11) is 0. The lowest BCUT2D eigenvalue weighted by Gasteiger charge is -2.33. The van der Waals surface area contributed by atoms with Crippen LogP contribution in [0.15, 0.2) is 5.38 Å². The maximum Gasteiger partial charge on any atom is 0.240 e. The Morgan fingerprint density at radius 2 is 2.25 bits per heavy atom. The van der Waals surface area contributed by atoms with Crippen molar-refractivity contribution in [3.05, 3.63) is 16.1 Å². The first-order valence-corrected chi connectivity index (χ1v) is 7.48. The number of halogens is 2. The average molecular weight is 340 g/mol. The summed E-state index contributed by atoms with van der Waals surface area (Å²) in [5.41, 5.74) is 0.562. The maximum absolute atomic E-state index is 12.2. The number of carbonyl (C=O) groups excluding carboxylic acids is 1. The summed E-state index contributed by atoms with van der Waals surface area (Å²) in [6, 6.07) is 0. The molecule has 0 aromatic carbocycles. The number of aryl methyl sites for hydroxylation is 1. The van der Waals surface area contributed by atoms with Crippen molar-refractivity contribution >= 4 is 42.1 Å². The molecular formula is C13H23Cl2N3OS. The van der Waals surface area contributed by atoms with Gasteiger partial charge in [-0.3, -0.25) is 4.79 Å². The predicted molar refractivity (Wildman–Crippen MR) is 88.1 cm³/mol. The fourth-order valence-corrected chi connectivity index (χ4v) is 2.95. The lowest BCUT2D eigenvalue weighted by Crippen LogP contribution is -2.56. The van der Waals surface area contributed by atoms with Gasteiger partial charge in [-0.15, -0.1) is 36.2 Å². The van der Waals surface area contributed by atoms with Crippen molar-refractivity contribution < 1.29 is 4.79 Å². The Balaban J connectivity index is 0.00000180. The van der Waals surface area contributed by atoms with Crippen LogP contribution in [0.3, 0.4) is 0 Å². The van der Waals surface area contributed by atoms with Crippen LogP contribution in [0, 0.1) is 0 Å². The van der Waals surface area contributed by atoms with Crippen molar-refractivity contribution in [1.82, 2.24) is 15.6 Å². The number of piperidine rings is 1. The molecule has 1 fully saturated rings. The van der Waals surface area contributed by atoms with Gasteiger partial charge in [0.05, 0.1) is 22.8 Å². The molecule has 1 unspecified atom stereocenters. The van der Waals surface area contributed by atoms with E-state index in [0.29, 0.717) is 6.54 Å². The highest BCUT2D eigenvalue weighted by molar-refractivity contribution is 7.09. The fourth-order valence-electron chi connectivity index (χ4n) is 2.21. The van der Waals surface area contributed by atoms with E-state index in [-0.39, 0.29) is 30.7 Å². The van der Waals surface area contributed by atoms with Crippen molar-refractivity contribution in [3.8, 4) is 0 Å². The number of thiazole rings is 1. The SMILES string of the molecule is CCc1nc(CNC(=O)C2(C)CCCCN2)cs1.Cl.Cl. The molecule has 0 saturated carbocycles. The quantitative estimate of drug-likeness (QED) is 0.886. The Labute approximate surface area is 137 Å². The number of rotatable bonds is 4. The first-order chi connectivity index (χ1) is 8.64. The van der Waals surface area contributed by atoms with E-state index in [1.165, 1.54) is 0 Å². The molecule has 1 atom stereocenters. The minimum atomic E-state index is -0.401. The first kappa shape index (κ1) is 19.6. The van der Waals surface area contributed by atoms with Gasteiger partial charge in [0.2, 0.25) is 5.91 Å². The van der Waals surface area contributed by atoms with E-state index < -0.39 is 5.54 Å². The minimum Gasteiger partial charge on any atom is -0.349 e. The van der Waals surface area contributed by atoms with Crippen LogP contribution in [0.25, 0.3) is 0 Å². The number of amides is 1. The number of nitrogens with zero attached hydrogens (tertiary/aromatic N) is 1. The zero-order valence-electron chi connectivity index (χ0n) is 11.9. The Morgan fingerprint density at radius 1 is 1.50 bits per heavy atom. The Bertz CT molecular complexity index is 420. The maximum atomic E-state index is 12.2. The van der Waals surface area contributed by atoms with Crippen LogP contribution in [0.5, 0.6) is 0 Å². The number of nitrogens with one attached hydrogen (secondary N) is 2. The zero-order chi connectivity index (χ0) is 13.0. The second kappa shape index (κ2) is 8.82. The summed E-state index contributed by atoms with van der Waals surface area (Å²) in [5, 5.41) is 9.46. The Hall–Kier alpha value is -0.360.